The molecule has 5 rings (SSSR count). The summed E-state index contributed by atoms with van der Waals surface area (Å²) in [5.74, 6) is -1.02. The molecule has 3 aromatic carbocycles. The second-order valence-electron chi connectivity index (χ2n) is 10.5. The van der Waals surface area contributed by atoms with E-state index in [1.54, 1.807) is 18.2 Å². The first-order valence-electron chi connectivity index (χ1n) is 14.6. The van der Waals surface area contributed by atoms with Crippen molar-refractivity contribution in [2.45, 2.75) is 6.42 Å². The van der Waals surface area contributed by atoms with Gasteiger partial charge >= 0.3 is 5.97 Å². The van der Waals surface area contributed by atoms with E-state index in [2.05, 4.69) is 10.2 Å². The minimum atomic E-state index is -1.11. The number of carboxylic acids is 1. The number of nitrogens with zero attached hydrogens (tertiary/aromatic N) is 2. The highest BCUT2D eigenvalue weighted by Gasteiger charge is 2.32. The van der Waals surface area contributed by atoms with Gasteiger partial charge in [0.15, 0.2) is 0 Å². The lowest BCUT2D eigenvalue weighted by Gasteiger charge is -2.26. The van der Waals surface area contributed by atoms with Gasteiger partial charge in [-0.15, -0.1) is 0 Å². The Bertz CT molecular complexity index is 1730. The van der Waals surface area contributed by atoms with E-state index in [1.165, 1.54) is 30.2 Å². The Morgan fingerprint density at radius 1 is 1.02 bits per heavy atom. The maximum absolute atomic E-state index is 13.5. The van der Waals surface area contributed by atoms with Crippen LogP contribution >= 0.6 is 47.2 Å². The van der Waals surface area contributed by atoms with E-state index >= 15 is 0 Å². The van der Waals surface area contributed by atoms with Crippen LogP contribution in [0.15, 0.2) is 59.5 Å². The number of methoxy groups -OCH3 is 1. The summed E-state index contributed by atoms with van der Waals surface area (Å²) in [6, 6.07) is 15.2. The zero-order valence-corrected chi connectivity index (χ0v) is 28.4. The highest BCUT2D eigenvalue weighted by atomic mass is 35.5. The van der Waals surface area contributed by atoms with Crippen molar-refractivity contribution < 1.29 is 33.7 Å². The van der Waals surface area contributed by atoms with Gasteiger partial charge < -0.3 is 24.6 Å². The van der Waals surface area contributed by atoms with Crippen LogP contribution in [0.3, 0.4) is 0 Å². The van der Waals surface area contributed by atoms with Gasteiger partial charge in [0, 0.05) is 38.2 Å². The normalized spacial score (nSPS) is 16.1. The van der Waals surface area contributed by atoms with Crippen molar-refractivity contribution in [3.05, 3.63) is 80.7 Å². The van der Waals surface area contributed by atoms with Gasteiger partial charge in [0.05, 0.1) is 46.5 Å². The number of nitrogens with one attached hydrogen (secondary N) is 1. The van der Waals surface area contributed by atoms with E-state index in [0.717, 1.165) is 42.5 Å². The molecule has 246 valence electrons. The standard InChI is InChI=1S/C33H31Cl2N3O7S2/c1-43-28-18-22(32(41)42)3-6-26(28)36-30(39)8-9-38-31(40)29(47-33(38)46)19-23-16-20(21-2-5-24(34)25(35)17-21)4-7-27(23)45-15-12-37-10-13-44-14-11-37/h2-7,16-19H,8-15H2,1H3,(H,36,39)(H,41,42)/b29-19-. The van der Waals surface area contributed by atoms with Crippen LogP contribution in [0, 0.1) is 0 Å². The van der Waals surface area contributed by atoms with Crippen molar-refractivity contribution in [1.29, 1.82) is 0 Å². The number of rotatable bonds is 12. The van der Waals surface area contributed by atoms with Gasteiger partial charge in [-0.1, -0.05) is 59.3 Å². The zero-order chi connectivity index (χ0) is 33.5. The number of thiocarbonyl (C=S) groups is 1. The zero-order valence-electron chi connectivity index (χ0n) is 25.3. The third kappa shape index (κ3) is 8.83. The van der Waals surface area contributed by atoms with Crippen LogP contribution in [0.5, 0.6) is 11.5 Å². The Morgan fingerprint density at radius 2 is 1.77 bits per heavy atom. The number of hydrogen-bond donors (Lipinski definition) is 2. The van der Waals surface area contributed by atoms with Crippen molar-refractivity contribution in [2.75, 3.05) is 58.4 Å². The molecule has 0 spiro atoms. The van der Waals surface area contributed by atoms with Crippen LogP contribution in [0.1, 0.15) is 22.3 Å². The maximum Gasteiger partial charge on any atom is 0.335 e. The highest BCUT2D eigenvalue weighted by molar-refractivity contribution is 8.26. The van der Waals surface area contributed by atoms with Gasteiger partial charge in [-0.05, 0) is 59.7 Å². The molecular formula is C33H31Cl2N3O7S2. The van der Waals surface area contributed by atoms with E-state index in [-0.39, 0.29) is 30.2 Å². The molecule has 0 bridgehead atoms. The molecule has 2 fully saturated rings. The molecule has 0 saturated carbocycles. The van der Waals surface area contributed by atoms with Crippen LogP contribution in [0.2, 0.25) is 10.0 Å². The first-order valence-corrected chi connectivity index (χ1v) is 16.6. The molecule has 0 atom stereocenters. The first kappa shape index (κ1) is 34.7. The number of hydrogen-bond acceptors (Lipinski definition) is 9. The molecule has 10 nitrogen and oxygen atoms in total. The first-order chi connectivity index (χ1) is 22.6. The van der Waals surface area contributed by atoms with Crippen LogP contribution in [-0.4, -0.2) is 90.1 Å². The average Bonchev–Trinajstić information content (AvgIpc) is 3.33. The van der Waals surface area contributed by atoms with Crippen LogP contribution in [0.4, 0.5) is 5.69 Å². The number of amides is 2. The van der Waals surface area contributed by atoms with Gasteiger partial charge in [-0.3, -0.25) is 19.4 Å². The molecule has 2 N–H and O–H groups in total. The molecule has 2 heterocycles. The number of carbonyl (C=O) groups is 3. The third-order valence-electron chi connectivity index (χ3n) is 7.48. The monoisotopic (exact) mass is 715 g/mol. The Hall–Kier alpha value is -3.65. The summed E-state index contributed by atoms with van der Waals surface area (Å²) in [6.45, 7) is 4.32. The molecule has 47 heavy (non-hydrogen) atoms. The molecule has 3 aromatic rings. The number of anilines is 1. The van der Waals surface area contributed by atoms with E-state index in [4.69, 9.17) is 49.6 Å². The smallest absolute Gasteiger partial charge is 0.335 e. The minimum absolute atomic E-state index is 0.0253. The molecule has 0 aliphatic carbocycles. The Kier molecular flexibility index (Phi) is 11.8. The van der Waals surface area contributed by atoms with E-state index < -0.39 is 11.9 Å². The fraction of sp³-hybridized carbons (Fsp3) is 0.273. The number of morpholine rings is 1. The minimum Gasteiger partial charge on any atom is -0.495 e. The molecule has 2 amide bonds. The van der Waals surface area contributed by atoms with Gasteiger partial charge in [0.2, 0.25) is 5.91 Å². The number of ether oxygens (including phenoxy) is 3. The lowest BCUT2D eigenvalue weighted by Crippen LogP contribution is -2.38. The second kappa shape index (κ2) is 16.0. The van der Waals surface area contributed by atoms with Crippen molar-refractivity contribution in [3.63, 3.8) is 0 Å². The van der Waals surface area contributed by atoms with Crippen LogP contribution in [0.25, 0.3) is 17.2 Å². The van der Waals surface area contributed by atoms with Gasteiger partial charge in [-0.2, -0.15) is 0 Å². The largest absolute Gasteiger partial charge is 0.495 e. The topological polar surface area (TPSA) is 118 Å². The van der Waals surface area contributed by atoms with Gasteiger partial charge in [0.25, 0.3) is 5.91 Å². The van der Waals surface area contributed by atoms with Crippen molar-refractivity contribution in [2.24, 2.45) is 0 Å². The summed E-state index contributed by atoms with van der Waals surface area (Å²) in [7, 11) is 1.38. The number of carboxylic acid groups (broad SMARTS) is 1. The van der Waals surface area contributed by atoms with Gasteiger partial charge in [-0.25, -0.2) is 4.79 Å². The fourth-order valence-electron chi connectivity index (χ4n) is 4.95. The Morgan fingerprint density at radius 3 is 2.49 bits per heavy atom. The number of thioether (sulfide) groups is 1. The molecule has 2 saturated heterocycles. The van der Waals surface area contributed by atoms with Crippen molar-refractivity contribution in [3.8, 4) is 22.6 Å². The third-order valence-corrected chi connectivity index (χ3v) is 9.59. The predicted molar refractivity (Wildman–Crippen MR) is 188 cm³/mol. The molecule has 0 unspecified atom stereocenters. The second-order valence-corrected chi connectivity index (χ2v) is 13.0. The van der Waals surface area contributed by atoms with Crippen molar-refractivity contribution in [1.82, 2.24) is 9.80 Å². The number of halogens is 2. The molecule has 14 heteroatoms. The summed E-state index contributed by atoms with van der Waals surface area (Å²) in [4.78, 5) is 41.6. The predicted octanol–water partition coefficient (Wildman–Crippen LogP) is 6.31. The van der Waals surface area contributed by atoms with E-state index in [0.29, 0.717) is 56.1 Å². The molecular weight excluding hydrogens is 685 g/mol. The summed E-state index contributed by atoms with van der Waals surface area (Å²) >= 11 is 19.1. The Balaban J connectivity index is 1.31. The molecule has 2 aliphatic heterocycles. The summed E-state index contributed by atoms with van der Waals surface area (Å²) in [6.07, 6.45) is 1.70. The fourth-order valence-corrected chi connectivity index (χ4v) is 6.54. The number of aromatic carboxylic acids is 1. The highest BCUT2D eigenvalue weighted by Crippen LogP contribution is 2.37. The van der Waals surface area contributed by atoms with E-state index in [9.17, 15) is 19.5 Å². The summed E-state index contributed by atoms with van der Waals surface area (Å²) in [5.41, 5.74) is 2.73. The molecule has 0 radical (unpaired) electrons. The van der Waals surface area contributed by atoms with E-state index in [1.807, 2.05) is 24.3 Å². The SMILES string of the molecule is COc1cc(C(=O)O)ccc1NC(=O)CCN1C(=O)/C(=C/c2cc(-c3ccc(Cl)c(Cl)c3)ccc2OCCN2CCOCC2)SC1=S. The quantitative estimate of drug-likeness (QED) is 0.163. The Labute approximate surface area is 291 Å². The van der Waals surface area contributed by atoms with Crippen molar-refractivity contribution >= 4 is 81.0 Å². The summed E-state index contributed by atoms with van der Waals surface area (Å²) < 4.78 is 17.2. The molecule has 2 aliphatic rings. The number of benzene rings is 3. The molecule has 0 aromatic heterocycles. The summed E-state index contributed by atoms with van der Waals surface area (Å²) in [5, 5.41) is 12.8. The lowest BCUT2D eigenvalue weighted by atomic mass is 10.0. The average molecular weight is 717 g/mol. The lowest BCUT2D eigenvalue weighted by molar-refractivity contribution is -0.122. The van der Waals surface area contributed by atoms with Crippen LogP contribution in [-0.2, 0) is 14.3 Å². The number of carbonyl (C=O) groups excluding carboxylic acids is 2. The van der Waals surface area contributed by atoms with Crippen LogP contribution < -0.4 is 14.8 Å². The van der Waals surface area contributed by atoms with Gasteiger partial charge in [0.1, 0.15) is 22.4 Å². The maximum atomic E-state index is 13.5.